The van der Waals surface area contributed by atoms with Gasteiger partial charge in [0.2, 0.25) is 0 Å². The zero-order chi connectivity index (χ0) is 14.0. The van der Waals surface area contributed by atoms with E-state index in [1.165, 1.54) is 42.3 Å². The van der Waals surface area contributed by atoms with Gasteiger partial charge in [0.1, 0.15) is 0 Å². The number of carboxylic acid groups (broad SMARTS) is 1. The summed E-state index contributed by atoms with van der Waals surface area (Å²) in [5, 5.41) is 23.3. The van der Waals surface area contributed by atoms with E-state index in [2.05, 4.69) is 5.10 Å². The van der Waals surface area contributed by atoms with E-state index in [-0.39, 0.29) is 17.1 Å². The molecule has 0 saturated carbocycles. The molecule has 8 heteroatoms. The van der Waals surface area contributed by atoms with Crippen LogP contribution in [0.4, 0.5) is 5.69 Å². The van der Waals surface area contributed by atoms with Crippen molar-refractivity contribution in [2.45, 2.75) is 0 Å². The Morgan fingerprint density at radius 3 is 2.74 bits per heavy atom. The zero-order valence-corrected chi connectivity index (χ0v) is 9.81. The Bertz CT molecular complexity index is 650. The number of hydrogen-bond donors (Lipinski definition) is 1. The van der Waals surface area contributed by atoms with Crippen molar-refractivity contribution in [2.75, 3.05) is 7.11 Å². The van der Waals surface area contributed by atoms with E-state index in [0.29, 0.717) is 5.69 Å². The van der Waals surface area contributed by atoms with Crippen molar-refractivity contribution in [1.29, 1.82) is 0 Å². The van der Waals surface area contributed by atoms with Crippen molar-refractivity contribution in [3.8, 4) is 11.4 Å². The van der Waals surface area contributed by atoms with Gasteiger partial charge in [-0.1, -0.05) is 0 Å². The number of rotatable bonds is 4. The van der Waals surface area contributed by atoms with Crippen molar-refractivity contribution in [1.82, 2.24) is 9.78 Å². The summed E-state index contributed by atoms with van der Waals surface area (Å²) in [4.78, 5) is 20.9. The second-order valence-electron chi connectivity index (χ2n) is 3.56. The summed E-state index contributed by atoms with van der Waals surface area (Å²) >= 11 is 0. The third-order valence-electron chi connectivity index (χ3n) is 2.43. The fourth-order valence-corrected chi connectivity index (χ4v) is 1.54. The minimum Gasteiger partial charge on any atom is -0.490 e. The van der Waals surface area contributed by atoms with Gasteiger partial charge >= 0.3 is 11.7 Å². The predicted octanol–water partition coefficient (Wildman–Crippen LogP) is 1.49. The average Bonchev–Trinajstić information content (AvgIpc) is 2.87. The van der Waals surface area contributed by atoms with Crippen LogP contribution in [0.3, 0.4) is 0 Å². The molecule has 8 nitrogen and oxygen atoms in total. The van der Waals surface area contributed by atoms with Crippen LogP contribution in [0.25, 0.3) is 5.69 Å². The van der Waals surface area contributed by atoms with Crippen LogP contribution >= 0.6 is 0 Å². The Labute approximate surface area is 107 Å². The first kappa shape index (κ1) is 12.6. The first-order chi connectivity index (χ1) is 9.02. The molecule has 0 fully saturated rings. The minimum absolute atomic E-state index is 0.0786. The van der Waals surface area contributed by atoms with Gasteiger partial charge in [-0.15, -0.1) is 0 Å². The second-order valence-corrected chi connectivity index (χ2v) is 3.56. The highest BCUT2D eigenvalue weighted by Crippen LogP contribution is 2.28. The van der Waals surface area contributed by atoms with Crippen molar-refractivity contribution >= 4 is 11.7 Å². The first-order valence-corrected chi connectivity index (χ1v) is 5.14. The number of benzene rings is 1. The SMILES string of the molecule is COc1cc(-n2ccc(C(=O)O)n2)ccc1[N+](=O)[O-]. The van der Waals surface area contributed by atoms with Crippen LogP contribution in [0.2, 0.25) is 0 Å². The van der Waals surface area contributed by atoms with Gasteiger partial charge in [-0.2, -0.15) is 5.10 Å². The minimum atomic E-state index is -1.15. The lowest BCUT2D eigenvalue weighted by Crippen LogP contribution is -2.02. The highest BCUT2D eigenvalue weighted by molar-refractivity contribution is 5.85. The molecule has 19 heavy (non-hydrogen) atoms. The summed E-state index contributed by atoms with van der Waals surface area (Å²) in [5.41, 5.74) is 0.184. The smallest absolute Gasteiger partial charge is 0.356 e. The van der Waals surface area contributed by atoms with E-state index in [4.69, 9.17) is 9.84 Å². The summed E-state index contributed by atoms with van der Waals surface area (Å²) in [6.45, 7) is 0. The zero-order valence-electron chi connectivity index (χ0n) is 9.81. The molecule has 0 aliphatic carbocycles. The van der Waals surface area contributed by atoms with Gasteiger partial charge in [0, 0.05) is 18.3 Å². The number of carboxylic acids is 1. The van der Waals surface area contributed by atoms with Gasteiger partial charge in [0.15, 0.2) is 11.4 Å². The monoisotopic (exact) mass is 263 g/mol. The molecule has 98 valence electrons. The van der Waals surface area contributed by atoms with E-state index in [1.807, 2.05) is 0 Å². The summed E-state index contributed by atoms with van der Waals surface area (Å²) in [6, 6.07) is 5.47. The Morgan fingerprint density at radius 1 is 1.47 bits per heavy atom. The van der Waals surface area contributed by atoms with Crippen molar-refractivity contribution in [3.05, 3.63) is 46.3 Å². The molecule has 0 saturated heterocycles. The molecule has 0 bridgehead atoms. The predicted molar refractivity (Wildman–Crippen MR) is 63.7 cm³/mol. The summed E-state index contributed by atoms with van der Waals surface area (Å²) in [5.74, 6) is -1.07. The number of nitrogens with zero attached hydrogens (tertiary/aromatic N) is 3. The van der Waals surface area contributed by atoms with Gasteiger partial charge in [-0.25, -0.2) is 9.48 Å². The van der Waals surface area contributed by atoms with Crippen LogP contribution in [-0.4, -0.2) is 32.9 Å². The Kier molecular flexibility index (Phi) is 3.15. The molecule has 0 unspecified atom stereocenters. The molecular weight excluding hydrogens is 254 g/mol. The molecule has 0 radical (unpaired) electrons. The summed E-state index contributed by atoms with van der Waals surface area (Å²) in [7, 11) is 1.32. The molecule has 0 amide bonds. The highest BCUT2D eigenvalue weighted by atomic mass is 16.6. The lowest BCUT2D eigenvalue weighted by molar-refractivity contribution is -0.385. The molecule has 1 aromatic heterocycles. The van der Waals surface area contributed by atoms with Crippen molar-refractivity contribution < 1.29 is 19.6 Å². The number of aromatic carboxylic acids is 1. The van der Waals surface area contributed by atoms with E-state index >= 15 is 0 Å². The standard InChI is InChI=1S/C11H9N3O5/c1-19-10-6-7(2-3-9(10)14(17)18)13-5-4-8(12-13)11(15)16/h2-6H,1H3,(H,15,16). The van der Waals surface area contributed by atoms with Crippen molar-refractivity contribution in [3.63, 3.8) is 0 Å². The highest BCUT2D eigenvalue weighted by Gasteiger charge is 2.16. The van der Waals surface area contributed by atoms with Crippen molar-refractivity contribution in [2.24, 2.45) is 0 Å². The van der Waals surface area contributed by atoms with Crippen LogP contribution < -0.4 is 4.74 Å². The lowest BCUT2D eigenvalue weighted by atomic mass is 10.2. The average molecular weight is 263 g/mol. The molecule has 0 aliphatic rings. The van der Waals surface area contributed by atoms with Gasteiger partial charge in [0.05, 0.1) is 17.7 Å². The summed E-state index contributed by atoms with van der Waals surface area (Å²) in [6.07, 6.45) is 1.45. The van der Waals surface area contributed by atoms with Crippen LogP contribution in [0.15, 0.2) is 30.5 Å². The Morgan fingerprint density at radius 2 is 2.21 bits per heavy atom. The van der Waals surface area contributed by atoms with Crippen LogP contribution in [-0.2, 0) is 0 Å². The second kappa shape index (κ2) is 4.77. The molecule has 0 atom stereocenters. The van der Waals surface area contributed by atoms with E-state index in [1.54, 1.807) is 0 Å². The fourth-order valence-electron chi connectivity index (χ4n) is 1.54. The lowest BCUT2D eigenvalue weighted by Gasteiger charge is -2.05. The Hall–Kier alpha value is -2.90. The van der Waals surface area contributed by atoms with Crippen LogP contribution in [0, 0.1) is 10.1 Å². The van der Waals surface area contributed by atoms with Gasteiger partial charge in [-0.3, -0.25) is 10.1 Å². The number of methoxy groups -OCH3 is 1. The molecule has 2 aromatic rings. The van der Waals surface area contributed by atoms with Gasteiger partial charge in [0.25, 0.3) is 0 Å². The number of ether oxygens (including phenoxy) is 1. The number of nitro groups is 1. The quantitative estimate of drug-likeness (QED) is 0.661. The number of hydrogen-bond acceptors (Lipinski definition) is 5. The van der Waals surface area contributed by atoms with Gasteiger partial charge in [-0.05, 0) is 12.1 Å². The molecule has 0 spiro atoms. The van der Waals surface area contributed by atoms with E-state index in [9.17, 15) is 14.9 Å². The molecule has 2 rings (SSSR count). The maximum Gasteiger partial charge on any atom is 0.356 e. The largest absolute Gasteiger partial charge is 0.490 e. The Balaban J connectivity index is 2.45. The molecule has 1 aromatic carbocycles. The number of nitro benzene ring substituents is 1. The van der Waals surface area contributed by atoms with Crippen LogP contribution in [0.1, 0.15) is 10.5 Å². The van der Waals surface area contributed by atoms with E-state index < -0.39 is 10.9 Å². The third-order valence-corrected chi connectivity index (χ3v) is 2.43. The maximum atomic E-state index is 10.7. The summed E-state index contributed by atoms with van der Waals surface area (Å²) < 4.78 is 6.23. The molecular formula is C11H9N3O5. The molecule has 0 aliphatic heterocycles. The van der Waals surface area contributed by atoms with Gasteiger partial charge < -0.3 is 9.84 Å². The van der Waals surface area contributed by atoms with Crippen LogP contribution in [0.5, 0.6) is 5.75 Å². The third kappa shape index (κ3) is 2.37. The first-order valence-electron chi connectivity index (χ1n) is 5.14. The molecule has 1 heterocycles. The maximum absolute atomic E-state index is 10.7. The topological polar surface area (TPSA) is 107 Å². The normalized spacial score (nSPS) is 10.2. The molecule has 1 N–H and O–H groups in total. The number of aromatic nitrogens is 2. The fraction of sp³-hybridized carbons (Fsp3) is 0.0909. The van der Waals surface area contributed by atoms with E-state index in [0.717, 1.165) is 0 Å². The number of carbonyl (C=O) groups is 1.